The van der Waals surface area contributed by atoms with Crippen LogP contribution in [0.25, 0.3) is 0 Å². The van der Waals surface area contributed by atoms with E-state index < -0.39 is 0 Å². The number of halogens is 2. The smallest absolute Gasteiger partial charge is 0.229 e. The van der Waals surface area contributed by atoms with E-state index in [-0.39, 0.29) is 11.5 Å². The first-order chi connectivity index (χ1) is 9.98. The fourth-order valence-corrected chi connectivity index (χ4v) is 3.01. The number of hydrogen-bond acceptors (Lipinski definition) is 4. The molecule has 0 bridgehead atoms. The lowest BCUT2D eigenvalue weighted by Gasteiger charge is -2.34. The maximum atomic E-state index is 6.21. The van der Waals surface area contributed by atoms with Gasteiger partial charge in [0.15, 0.2) is 5.82 Å². The van der Waals surface area contributed by atoms with Gasteiger partial charge in [0.2, 0.25) is 5.89 Å². The van der Waals surface area contributed by atoms with Crippen molar-refractivity contribution in [2.45, 2.75) is 44.1 Å². The molecule has 6 heteroatoms. The van der Waals surface area contributed by atoms with E-state index in [0.717, 1.165) is 31.2 Å². The zero-order valence-corrected chi connectivity index (χ0v) is 13.3. The molecule has 21 heavy (non-hydrogen) atoms. The second-order valence-corrected chi connectivity index (χ2v) is 6.65. The van der Waals surface area contributed by atoms with Gasteiger partial charge in [0, 0.05) is 16.0 Å². The van der Waals surface area contributed by atoms with Crippen molar-refractivity contribution in [2.75, 3.05) is 0 Å². The van der Waals surface area contributed by atoms with Crippen LogP contribution >= 0.6 is 23.2 Å². The lowest BCUT2D eigenvalue weighted by molar-refractivity contribution is 0.228. The Balaban J connectivity index is 1.74. The highest BCUT2D eigenvalue weighted by Gasteiger charge is 2.39. The van der Waals surface area contributed by atoms with E-state index in [4.69, 9.17) is 33.5 Å². The normalized spacial score (nSPS) is 18.3. The van der Waals surface area contributed by atoms with Crippen molar-refractivity contribution >= 4 is 23.2 Å². The quantitative estimate of drug-likeness (QED) is 0.920. The minimum absolute atomic E-state index is 0.0774. The predicted molar refractivity (Wildman–Crippen MR) is 82.6 cm³/mol. The first kappa shape index (κ1) is 14.8. The van der Waals surface area contributed by atoms with E-state index in [1.807, 2.05) is 19.1 Å². The van der Waals surface area contributed by atoms with Crippen molar-refractivity contribution in [3.8, 4) is 0 Å². The fourth-order valence-electron chi connectivity index (χ4n) is 2.52. The van der Waals surface area contributed by atoms with Crippen molar-refractivity contribution in [2.24, 2.45) is 5.73 Å². The average Bonchev–Trinajstić information content (AvgIpc) is 2.89. The SMILES string of the molecule is CC(Cc1ccc(Cl)cc1Cl)c1nc(C2(N)CCC2)no1. The molecule has 1 heterocycles. The highest BCUT2D eigenvalue weighted by Crippen LogP contribution is 2.37. The summed E-state index contributed by atoms with van der Waals surface area (Å²) in [6, 6.07) is 5.50. The second kappa shape index (κ2) is 5.59. The number of nitrogens with zero attached hydrogens (tertiary/aromatic N) is 2. The summed E-state index contributed by atoms with van der Waals surface area (Å²) in [4.78, 5) is 4.48. The fraction of sp³-hybridized carbons (Fsp3) is 0.467. The molecule has 1 atom stereocenters. The number of rotatable bonds is 4. The van der Waals surface area contributed by atoms with Gasteiger partial charge in [-0.05, 0) is 43.4 Å². The summed E-state index contributed by atoms with van der Waals surface area (Å²) in [5.41, 5.74) is 6.83. The first-order valence-corrected chi connectivity index (χ1v) is 7.80. The van der Waals surface area contributed by atoms with Crippen LogP contribution in [0.4, 0.5) is 0 Å². The third-order valence-electron chi connectivity index (χ3n) is 4.10. The summed E-state index contributed by atoms with van der Waals surface area (Å²) in [7, 11) is 0. The molecule has 0 saturated heterocycles. The zero-order valence-electron chi connectivity index (χ0n) is 11.8. The molecule has 2 N–H and O–H groups in total. The summed E-state index contributed by atoms with van der Waals surface area (Å²) < 4.78 is 5.37. The highest BCUT2D eigenvalue weighted by molar-refractivity contribution is 6.35. The van der Waals surface area contributed by atoms with Crippen molar-refractivity contribution in [1.82, 2.24) is 10.1 Å². The van der Waals surface area contributed by atoms with Crippen LogP contribution in [0.15, 0.2) is 22.7 Å². The zero-order chi connectivity index (χ0) is 15.0. The van der Waals surface area contributed by atoms with Crippen molar-refractivity contribution in [1.29, 1.82) is 0 Å². The van der Waals surface area contributed by atoms with Gasteiger partial charge in [-0.3, -0.25) is 0 Å². The van der Waals surface area contributed by atoms with Gasteiger partial charge >= 0.3 is 0 Å². The van der Waals surface area contributed by atoms with E-state index in [1.54, 1.807) is 6.07 Å². The third-order valence-corrected chi connectivity index (χ3v) is 4.68. The van der Waals surface area contributed by atoms with Gasteiger partial charge in [-0.1, -0.05) is 41.3 Å². The largest absolute Gasteiger partial charge is 0.339 e. The molecular weight excluding hydrogens is 309 g/mol. The van der Waals surface area contributed by atoms with Crippen molar-refractivity contribution in [3.05, 3.63) is 45.5 Å². The number of hydrogen-bond donors (Lipinski definition) is 1. The van der Waals surface area contributed by atoms with Crippen LogP contribution in [-0.4, -0.2) is 10.1 Å². The Labute approximate surface area is 133 Å². The van der Waals surface area contributed by atoms with Crippen LogP contribution in [0, 0.1) is 0 Å². The summed E-state index contributed by atoms with van der Waals surface area (Å²) in [5.74, 6) is 1.30. The Kier molecular flexibility index (Phi) is 3.95. The topological polar surface area (TPSA) is 64.9 Å². The number of nitrogens with two attached hydrogens (primary N) is 1. The van der Waals surface area contributed by atoms with E-state index in [9.17, 15) is 0 Å². The number of benzene rings is 1. The standard InChI is InChI=1S/C15H17Cl2N3O/c1-9(7-10-3-4-11(16)8-12(10)17)13-19-14(20-21-13)15(18)5-2-6-15/h3-4,8-9H,2,5-7,18H2,1H3. The van der Waals surface area contributed by atoms with Gasteiger partial charge in [0.05, 0.1) is 5.54 Å². The van der Waals surface area contributed by atoms with Crippen LogP contribution in [-0.2, 0) is 12.0 Å². The monoisotopic (exact) mass is 325 g/mol. The lowest BCUT2D eigenvalue weighted by Crippen LogP contribution is -2.44. The van der Waals surface area contributed by atoms with E-state index >= 15 is 0 Å². The maximum absolute atomic E-state index is 6.21. The molecule has 1 aliphatic rings. The molecule has 0 radical (unpaired) electrons. The molecule has 112 valence electrons. The molecule has 1 aromatic carbocycles. The van der Waals surface area contributed by atoms with Gasteiger partial charge < -0.3 is 10.3 Å². The van der Waals surface area contributed by atoms with Crippen molar-refractivity contribution in [3.63, 3.8) is 0 Å². The third kappa shape index (κ3) is 2.93. The Morgan fingerprint density at radius 1 is 1.38 bits per heavy atom. The molecule has 0 spiro atoms. The summed E-state index contributed by atoms with van der Waals surface area (Å²) in [6.07, 6.45) is 3.68. The lowest BCUT2D eigenvalue weighted by atomic mass is 9.77. The molecule has 0 amide bonds. The van der Waals surface area contributed by atoms with Gasteiger partial charge in [-0.15, -0.1) is 0 Å². The minimum Gasteiger partial charge on any atom is -0.339 e. The molecule has 4 nitrogen and oxygen atoms in total. The molecule has 1 aliphatic carbocycles. The molecule has 1 saturated carbocycles. The van der Waals surface area contributed by atoms with Crippen LogP contribution in [0.3, 0.4) is 0 Å². The molecule has 3 rings (SSSR count). The highest BCUT2D eigenvalue weighted by atomic mass is 35.5. The summed E-state index contributed by atoms with van der Waals surface area (Å²) >= 11 is 12.1. The van der Waals surface area contributed by atoms with Gasteiger partial charge in [-0.25, -0.2) is 0 Å². The average molecular weight is 326 g/mol. The first-order valence-electron chi connectivity index (χ1n) is 7.05. The van der Waals surface area contributed by atoms with E-state index in [1.165, 1.54) is 0 Å². The van der Waals surface area contributed by atoms with Crippen LogP contribution in [0.2, 0.25) is 10.0 Å². The Morgan fingerprint density at radius 2 is 2.14 bits per heavy atom. The van der Waals surface area contributed by atoms with E-state index in [0.29, 0.717) is 21.8 Å². The summed E-state index contributed by atoms with van der Waals surface area (Å²) in [6.45, 7) is 2.03. The summed E-state index contributed by atoms with van der Waals surface area (Å²) in [5, 5.41) is 5.33. The Morgan fingerprint density at radius 3 is 2.76 bits per heavy atom. The Hall–Kier alpha value is -1.10. The van der Waals surface area contributed by atoms with E-state index in [2.05, 4.69) is 10.1 Å². The van der Waals surface area contributed by atoms with Gasteiger partial charge in [0.1, 0.15) is 0 Å². The molecule has 1 fully saturated rings. The molecular formula is C15H17Cl2N3O. The maximum Gasteiger partial charge on any atom is 0.229 e. The van der Waals surface area contributed by atoms with Gasteiger partial charge in [0.25, 0.3) is 0 Å². The number of aromatic nitrogens is 2. The van der Waals surface area contributed by atoms with Crippen LogP contribution in [0.1, 0.15) is 49.4 Å². The van der Waals surface area contributed by atoms with Gasteiger partial charge in [-0.2, -0.15) is 4.98 Å². The van der Waals surface area contributed by atoms with Crippen molar-refractivity contribution < 1.29 is 4.52 Å². The Bertz CT molecular complexity index is 652. The molecule has 1 unspecified atom stereocenters. The second-order valence-electron chi connectivity index (χ2n) is 5.81. The van der Waals surface area contributed by atoms with Crippen LogP contribution in [0.5, 0.6) is 0 Å². The molecule has 1 aromatic heterocycles. The molecule has 0 aliphatic heterocycles. The molecule has 2 aromatic rings. The predicted octanol–water partition coefficient (Wildman–Crippen LogP) is 4.06. The van der Waals surface area contributed by atoms with Crippen LogP contribution < -0.4 is 5.73 Å². The minimum atomic E-state index is -0.389.